The van der Waals surface area contributed by atoms with Gasteiger partial charge in [-0.15, -0.1) is 0 Å². The summed E-state index contributed by atoms with van der Waals surface area (Å²) in [4.78, 5) is 30.3. The number of aromatic nitrogens is 1. The predicted molar refractivity (Wildman–Crippen MR) is 129 cm³/mol. The zero-order valence-corrected chi connectivity index (χ0v) is 18.7. The minimum Gasteiger partial charge on any atom is -0.507 e. The van der Waals surface area contributed by atoms with E-state index in [-0.39, 0.29) is 11.7 Å². The first-order chi connectivity index (χ1) is 15.7. The molecule has 0 spiro atoms. The Morgan fingerprint density at radius 3 is 2.58 bits per heavy atom. The summed E-state index contributed by atoms with van der Waals surface area (Å²) in [5, 5.41) is 15.8. The first kappa shape index (κ1) is 20.9. The summed E-state index contributed by atoms with van der Waals surface area (Å²) in [5.74, 6) is -0.000150. The van der Waals surface area contributed by atoms with Gasteiger partial charge in [-0.25, -0.2) is 4.79 Å². The maximum atomic E-state index is 13.4. The second-order valence-corrected chi connectivity index (χ2v) is 9.26. The van der Waals surface area contributed by atoms with E-state index in [9.17, 15) is 14.7 Å². The molecular weight excluding hydrogens is 418 g/mol. The number of phenols is 1. The highest BCUT2D eigenvalue weighted by Crippen LogP contribution is 2.40. The third-order valence-corrected chi connectivity index (χ3v) is 5.73. The van der Waals surface area contributed by atoms with Crippen molar-refractivity contribution < 1.29 is 19.4 Å². The highest BCUT2D eigenvalue weighted by Gasteiger charge is 2.29. The SMILES string of the molecule is CC(C)(C)OC(=O)Nc1ccc2[nH]c(C(=O)N3CCc4c3cc(O)c3ccccc43)cc2c1. The molecule has 0 radical (unpaired) electrons. The number of nitrogens with zero attached hydrogens (tertiary/aromatic N) is 1. The molecule has 3 N–H and O–H groups in total. The van der Waals surface area contributed by atoms with Crippen molar-refractivity contribution in [2.45, 2.75) is 32.8 Å². The van der Waals surface area contributed by atoms with Crippen LogP contribution in [-0.4, -0.2) is 34.2 Å². The number of amides is 2. The Balaban J connectivity index is 1.43. The van der Waals surface area contributed by atoms with Crippen molar-refractivity contribution in [3.05, 3.63) is 65.9 Å². The number of fused-ring (bicyclic) bond motifs is 4. The van der Waals surface area contributed by atoms with Gasteiger partial charge in [0.05, 0.1) is 5.69 Å². The predicted octanol–water partition coefficient (Wildman–Crippen LogP) is 5.58. The summed E-state index contributed by atoms with van der Waals surface area (Å²) in [6, 6.07) is 16.5. The third-order valence-electron chi connectivity index (χ3n) is 5.73. The number of aromatic hydroxyl groups is 1. The fourth-order valence-electron chi connectivity index (χ4n) is 4.35. The summed E-state index contributed by atoms with van der Waals surface area (Å²) in [7, 11) is 0. The highest BCUT2D eigenvalue weighted by atomic mass is 16.6. The number of phenolic OH excluding ortho intramolecular Hbond substituents is 1. The van der Waals surface area contributed by atoms with Gasteiger partial charge in [-0.2, -0.15) is 0 Å². The molecule has 2 heterocycles. The van der Waals surface area contributed by atoms with Crippen LogP contribution in [0.3, 0.4) is 0 Å². The smallest absolute Gasteiger partial charge is 0.412 e. The van der Waals surface area contributed by atoms with Crippen LogP contribution < -0.4 is 10.2 Å². The minimum atomic E-state index is -0.590. The second kappa shape index (κ2) is 7.55. The maximum Gasteiger partial charge on any atom is 0.412 e. The van der Waals surface area contributed by atoms with E-state index < -0.39 is 11.7 Å². The van der Waals surface area contributed by atoms with Crippen LogP contribution in [0.25, 0.3) is 21.7 Å². The van der Waals surface area contributed by atoms with Crippen LogP contribution >= 0.6 is 0 Å². The minimum absolute atomic E-state index is 0.165. The Bertz CT molecular complexity index is 1410. The summed E-state index contributed by atoms with van der Waals surface area (Å²) < 4.78 is 5.30. The van der Waals surface area contributed by atoms with Crippen molar-refractivity contribution in [2.24, 2.45) is 0 Å². The van der Waals surface area contributed by atoms with Gasteiger partial charge in [0.15, 0.2) is 0 Å². The summed E-state index contributed by atoms with van der Waals surface area (Å²) in [5.41, 5.74) is 3.03. The standard InChI is InChI=1S/C26H25N3O4/c1-26(2,3)33-25(32)27-16-8-9-20-15(12-16)13-21(28-20)24(31)29-11-10-18-17-6-4-5-7-19(17)23(30)14-22(18)29/h4-9,12-14,28,30H,10-11H2,1-3H3,(H,27,32). The molecule has 0 bridgehead atoms. The number of ether oxygens (including phenoxy) is 1. The van der Waals surface area contributed by atoms with Gasteiger partial charge in [-0.3, -0.25) is 10.1 Å². The zero-order valence-electron chi connectivity index (χ0n) is 18.7. The maximum absolute atomic E-state index is 13.4. The molecule has 0 fully saturated rings. The molecule has 0 saturated heterocycles. The third kappa shape index (κ3) is 3.86. The quantitative estimate of drug-likeness (QED) is 0.377. The van der Waals surface area contributed by atoms with Crippen molar-refractivity contribution >= 4 is 45.1 Å². The molecule has 0 unspecified atom stereocenters. The van der Waals surface area contributed by atoms with Crippen molar-refractivity contribution in [3.8, 4) is 5.75 Å². The lowest BCUT2D eigenvalue weighted by atomic mass is 10.0. The fraction of sp³-hybridized carbons (Fsp3) is 0.231. The summed E-state index contributed by atoms with van der Waals surface area (Å²) in [6.45, 7) is 5.96. The first-order valence-corrected chi connectivity index (χ1v) is 10.9. The lowest BCUT2D eigenvalue weighted by Gasteiger charge is -2.19. The molecule has 3 aromatic carbocycles. The molecule has 1 aliphatic rings. The molecule has 5 rings (SSSR count). The molecule has 7 nitrogen and oxygen atoms in total. The molecule has 33 heavy (non-hydrogen) atoms. The summed E-state index contributed by atoms with van der Waals surface area (Å²) >= 11 is 0. The van der Waals surface area contributed by atoms with Crippen molar-refractivity contribution in [2.75, 3.05) is 16.8 Å². The van der Waals surface area contributed by atoms with E-state index >= 15 is 0 Å². The number of rotatable bonds is 2. The van der Waals surface area contributed by atoms with Gasteiger partial charge in [-0.05, 0) is 62.4 Å². The molecule has 1 aliphatic heterocycles. The molecule has 2 amide bonds. The van der Waals surface area contributed by atoms with Crippen LogP contribution in [0.4, 0.5) is 16.2 Å². The monoisotopic (exact) mass is 443 g/mol. The van der Waals surface area contributed by atoms with Gasteiger partial charge in [0, 0.05) is 34.6 Å². The number of hydrogen-bond acceptors (Lipinski definition) is 4. The number of anilines is 2. The molecule has 0 saturated carbocycles. The number of H-pyrrole nitrogens is 1. The summed E-state index contributed by atoms with van der Waals surface area (Å²) in [6.07, 6.45) is 0.195. The molecule has 0 aliphatic carbocycles. The largest absolute Gasteiger partial charge is 0.507 e. The average Bonchev–Trinajstić information content (AvgIpc) is 3.36. The topological polar surface area (TPSA) is 94.7 Å². The number of aromatic amines is 1. The van der Waals surface area contributed by atoms with Crippen LogP contribution in [0.15, 0.2) is 54.6 Å². The van der Waals surface area contributed by atoms with Gasteiger partial charge in [0.2, 0.25) is 0 Å². The van der Waals surface area contributed by atoms with Crippen molar-refractivity contribution in [3.63, 3.8) is 0 Å². The Morgan fingerprint density at radius 1 is 1.06 bits per heavy atom. The van der Waals surface area contributed by atoms with Crippen LogP contribution in [0.1, 0.15) is 36.8 Å². The van der Waals surface area contributed by atoms with Gasteiger partial charge >= 0.3 is 6.09 Å². The van der Waals surface area contributed by atoms with Gasteiger partial charge in [0.25, 0.3) is 5.91 Å². The van der Waals surface area contributed by atoms with Crippen molar-refractivity contribution in [1.29, 1.82) is 0 Å². The normalized spacial score (nSPS) is 13.4. The molecule has 1 aromatic heterocycles. The zero-order chi connectivity index (χ0) is 23.3. The number of carbonyl (C=O) groups is 2. The Hall–Kier alpha value is -4.00. The Morgan fingerprint density at radius 2 is 1.82 bits per heavy atom. The van der Waals surface area contributed by atoms with E-state index in [1.165, 1.54) is 0 Å². The molecule has 7 heteroatoms. The number of nitrogens with one attached hydrogen (secondary N) is 2. The van der Waals surface area contributed by atoms with E-state index in [4.69, 9.17) is 4.74 Å². The first-order valence-electron chi connectivity index (χ1n) is 10.9. The molecular formula is C26H25N3O4. The molecule has 168 valence electrons. The van der Waals surface area contributed by atoms with Crippen molar-refractivity contribution in [1.82, 2.24) is 4.98 Å². The lowest BCUT2D eigenvalue weighted by molar-refractivity contribution is 0.0635. The van der Waals surface area contributed by atoms with E-state index in [0.29, 0.717) is 17.9 Å². The number of benzene rings is 3. The van der Waals surface area contributed by atoms with E-state index in [1.54, 1.807) is 49.9 Å². The van der Waals surface area contributed by atoms with Gasteiger partial charge < -0.3 is 19.7 Å². The van der Waals surface area contributed by atoms with Gasteiger partial charge in [-0.1, -0.05) is 24.3 Å². The molecule has 0 atom stereocenters. The second-order valence-electron chi connectivity index (χ2n) is 9.26. The van der Waals surface area contributed by atoms with Crippen LogP contribution in [-0.2, 0) is 11.2 Å². The highest BCUT2D eigenvalue weighted by molar-refractivity contribution is 6.11. The fourth-order valence-corrected chi connectivity index (χ4v) is 4.35. The van der Waals surface area contributed by atoms with Crippen LogP contribution in [0.5, 0.6) is 5.75 Å². The number of carbonyl (C=O) groups excluding carboxylic acids is 2. The van der Waals surface area contributed by atoms with E-state index in [2.05, 4.69) is 10.3 Å². The van der Waals surface area contributed by atoms with Crippen LogP contribution in [0.2, 0.25) is 0 Å². The van der Waals surface area contributed by atoms with Crippen LogP contribution in [0, 0.1) is 0 Å². The van der Waals surface area contributed by atoms with E-state index in [1.807, 2.05) is 30.3 Å². The average molecular weight is 444 g/mol. The Labute approximate surface area is 191 Å². The lowest BCUT2D eigenvalue weighted by Crippen LogP contribution is -2.29. The Kier molecular flexibility index (Phi) is 4.78. The van der Waals surface area contributed by atoms with E-state index in [0.717, 1.165) is 39.3 Å². The number of hydrogen-bond donors (Lipinski definition) is 3. The van der Waals surface area contributed by atoms with Gasteiger partial charge in [0.1, 0.15) is 17.0 Å². The molecule has 4 aromatic rings.